The lowest BCUT2D eigenvalue weighted by Crippen LogP contribution is -2.40. The number of hydrogen-bond donors (Lipinski definition) is 1. The van der Waals surface area contributed by atoms with E-state index >= 15 is 0 Å². The van der Waals surface area contributed by atoms with Crippen LogP contribution >= 0.6 is 0 Å². The Bertz CT molecular complexity index is 865. The van der Waals surface area contributed by atoms with Crippen LogP contribution in [0.5, 0.6) is 11.8 Å². The van der Waals surface area contributed by atoms with E-state index in [0.717, 1.165) is 36.8 Å². The third-order valence-electron chi connectivity index (χ3n) is 4.56. The van der Waals surface area contributed by atoms with Gasteiger partial charge >= 0.3 is 0 Å². The van der Waals surface area contributed by atoms with E-state index in [-0.39, 0.29) is 17.9 Å². The van der Waals surface area contributed by atoms with Crippen LogP contribution in [0.15, 0.2) is 36.7 Å². The van der Waals surface area contributed by atoms with Gasteiger partial charge in [0.1, 0.15) is 6.10 Å². The van der Waals surface area contributed by atoms with Crippen molar-refractivity contribution in [3.05, 3.63) is 47.8 Å². The maximum absolute atomic E-state index is 12.5. The molecule has 0 aliphatic heterocycles. The van der Waals surface area contributed by atoms with Crippen LogP contribution in [0.25, 0.3) is 0 Å². The molecule has 1 saturated carbocycles. The van der Waals surface area contributed by atoms with Crippen LogP contribution in [0.1, 0.15) is 36.8 Å². The molecule has 8 heteroatoms. The second kappa shape index (κ2) is 8.67. The molecule has 0 radical (unpaired) electrons. The molecule has 0 amide bonds. The van der Waals surface area contributed by atoms with Crippen LogP contribution in [0.4, 0.5) is 0 Å². The molecule has 1 fully saturated rings. The summed E-state index contributed by atoms with van der Waals surface area (Å²) in [6, 6.07) is 7.51. The molecule has 1 aliphatic rings. The van der Waals surface area contributed by atoms with E-state index < -0.39 is 10.0 Å². The summed E-state index contributed by atoms with van der Waals surface area (Å²) < 4.78 is 38.8. The standard InChI is InChI=1S/C19H25N3O4S/c1-14-4-3-5-15(12-14)13-27(23,24)22-16-6-8-17(9-7-16)26-19-18(25-2)20-10-11-21-19/h3-5,10-12,16-17,22H,6-9,13H2,1-2H3. The maximum atomic E-state index is 12.5. The molecule has 0 atom stereocenters. The number of aryl methyl sites for hydroxylation is 1. The quantitative estimate of drug-likeness (QED) is 0.780. The number of sulfonamides is 1. The Labute approximate surface area is 160 Å². The summed E-state index contributed by atoms with van der Waals surface area (Å²) in [4.78, 5) is 8.23. The van der Waals surface area contributed by atoms with Crippen molar-refractivity contribution in [2.45, 2.75) is 50.5 Å². The maximum Gasteiger partial charge on any atom is 0.278 e. The summed E-state index contributed by atoms with van der Waals surface area (Å²) in [6.45, 7) is 1.96. The molecule has 3 rings (SSSR count). The van der Waals surface area contributed by atoms with Gasteiger partial charge in [-0.3, -0.25) is 0 Å². The van der Waals surface area contributed by atoms with Gasteiger partial charge in [0, 0.05) is 18.4 Å². The van der Waals surface area contributed by atoms with Gasteiger partial charge in [0.25, 0.3) is 11.8 Å². The van der Waals surface area contributed by atoms with Crippen LogP contribution in [0.2, 0.25) is 0 Å². The van der Waals surface area contributed by atoms with E-state index in [2.05, 4.69) is 14.7 Å². The van der Waals surface area contributed by atoms with Gasteiger partial charge in [-0.2, -0.15) is 0 Å². The molecule has 1 N–H and O–H groups in total. The van der Waals surface area contributed by atoms with Crippen molar-refractivity contribution >= 4 is 10.0 Å². The van der Waals surface area contributed by atoms with E-state index in [9.17, 15) is 8.42 Å². The van der Waals surface area contributed by atoms with Gasteiger partial charge in [0.05, 0.1) is 12.9 Å². The highest BCUT2D eigenvalue weighted by Crippen LogP contribution is 2.27. The second-order valence-corrected chi connectivity index (χ2v) is 8.58. The van der Waals surface area contributed by atoms with Crippen molar-refractivity contribution in [3.8, 4) is 11.8 Å². The Kier molecular flexibility index (Phi) is 6.28. The average Bonchev–Trinajstić information content (AvgIpc) is 2.63. The third-order valence-corrected chi connectivity index (χ3v) is 5.97. The lowest BCUT2D eigenvalue weighted by Gasteiger charge is -2.29. The predicted octanol–water partition coefficient (Wildman–Crippen LogP) is 2.60. The lowest BCUT2D eigenvalue weighted by molar-refractivity contribution is 0.132. The van der Waals surface area contributed by atoms with Crippen LogP contribution in [-0.2, 0) is 15.8 Å². The Morgan fingerprint density at radius 3 is 2.48 bits per heavy atom. The minimum atomic E-state index is -3.37. The first-order valence-electron chi connectivity index (χ1n) is 9.02. The van der Waals surface area contributed by atoms with Crippen molar-refractivity contribution in [2.75, 3.05) is 7.11 Å². The zero-order valence-electron chi connectivity index (χ0n) is 15.6. The van der Waals surface area contributed by atoms with Crippen LogP contribution in [0.3, 0.4) is 0 Å². The molecule has 1 aliphatic carbocycles. The van der Waals surface area contributed by atoms with E-state index in [1.54, 1.807) is 12.4 Å². The van der Waals surface area contributed by atoms with Gasteiger partial charge in [-0.25, -0.2) is 23.1 Å². The van der Waals surface area contributed by atoms with E-state index in [4.69, 9.17) is 9.47 Å². The van der Waals surface area contributed by atoms with Crippen molar-refractivity contribution < 1.29 is 17.9 Å². The zero-order valence-corrected chi connectivity index (χ0v) is 16.4. The first kappa shape index (κ1) is 19.6. The second-order valence-electron chi connectivity index (χ2n) is 6.83. The SMILES string of the molecule is COc1nccnc1OC1CCC(NS(=O)(=O)Cc2cccc(C)c2)CC1. The number of rotatable bonds is 7. The normalized spacial score (nSPS) is 20.2. The molecule has 0 bridgehead atoms. The molecule has 146 valence electrons. The van der Waals surface area contributed by atoms with Crippen LogP contribution < -0.4 is 14.2 Å². The molecule has 27 heavy (non-hydrogen) atoms. The molecular formula is C19H25N3O4S. The third kappa shape index (κ3) is 5.64. The Morgan fingerprint density at radius 2 is 1.81 bits per heavy atom. The Morgan fingerprint density at radius 1 is 1.11 bits per heavy atom. The largest absolute Gasteiger partial charge is 0.477 e. The van der Waals surface area contributed by atoms with Crippen LogP contribution in [0, 0.1) is 6.92 Å². The van der Waals surface area contributed by atoms with Gasteiger partial charge in [-0.1, -0.05) is 29.8 Å². The van der Waals surface area contributed by atoms with Gasteiger partial charge in [-0.15, -0.1) is 0 Å². The molecule has 7 nitrogen and oxygen atoms in total. The number of methoxy groups -OCH3 is 1. The Balaban J connectivity index is 1.51. The fraction of sp³-hybridized carbons (Fsp3) is 0.474. The number of aromatic nitrogens is 2. The summed E-state index contributed by atoms with van der Waals surface area (Å²) in [5.74, 6) is 0.740. The molecule has 0 unspecified atom stereocenters. The number of nitrogens with zero attached hydrogens (tertiary/aromatic N) is 2. The van der Waals surface area contributed by atoms with Crippen LogP contribution in [-0.4, -0.2) is 37.6 Å². The number of hydrogen-bond acceptors (Lipinski definition) is 6. The number of ether oxygens (including phenoxy) is 2. The van der Waals surface area contributed by atoms with E-state index in [0.29, 0.717) is 11.8 Å². The number of benzene rings is 1. The zero-order chi connectivity index (χ0) is 19.3. The highest BCUT2D eigenvalue weighted by molar-refractivity contribution is 7.88. The lowest BCUT2D eigenvalue weighted by atomic mass is 9.94. The highest BCUT2D eigenvalue weighted by Gasteiger charge is 2.27. The molecule has 1 aromatic heterocycles. The first-order chi connectivity index (χ1) is 12.9. The summed E-state index contributed by atoms with van der Waals surface area (Å²) in [5.41, 5.74) is 1.86. The van der Waals surface area contributed by atoms with E-state index in [1.165, 1.54) is 7.11 Å². The molecule has 0 spiro atoms. The molecular weight excluding hydrogens is 366 g/mol. The Hall–Kier alpha value is -2.19. The summed E-state index contributed by atoms with van der Waals surface area (Å²) in [6.07, 6.45) is 6.03. The summed E-state index contributed by atoms with van der Waals surface area (Å²) >= 11 is 0. The van der Waals surface area contributed by atoms with Gasteiger partial charge in [0.15, 0.2) is 0 Å². The highest BCUT2D eigenvalue weighted by atomic mass is 32.2. The topological polar surface area (TPSA) is 90.4 Å². The van der Waals surface area contributed by atoms with E-state index in [1.807, 2.05) is 31.2 Å². The van der Waals surface area contributed by atoms with Gasteiger partial charge in [-0.05, 0) is 38.2 Å². The molecule has 1 heterocycles. The number of nitrogens with one attached hydrogen (secondary N) is 1. The molecule has 1 aromatic carbocycles. The summed E-state index contributed by atoms with van der Waals surface area (Å²) in [5, 5.41) is 0. The van der Waals surface area contributed by atoms with Crippen molar-refractivity contribution in [3.63, 3.8) is 0 Å². The first-order valence-corrected chi connectivity index (χ1v) is 10.7. The van der Waals surface area contributed by atoms with Crippen molar-refractivity contribution in [2.24, 2.45) is 0 Å². The fourth-order valence-electron chi connectivity index (χ4n) is 3.31. The molecule has 0 saturated heterocycles. The van der Waals surface area contributed by atoms with Crippen molar-refractivity contribution in [1.29, 1.82) is 0 Å². The summed E-state index contributed by atoms with van der Waals surface area (Å²) in [7, 11) is -1.85. The van der Waals surface area contributed by atoms with Gasteiger partial charge < -0.3 is 9.47 Å². The van der Waals surface area contributed by atoms with Crippen molar-refractivity contribution in [1.82, 2.24) is 14.7 Å². The molecule has 2 aromatic rings. The minimum Gasteiger partial charge on any atom is -0.477 e. The smallest absolute Gasteiger partial charge is 0.278 e. The predicted molar refractivity (Wildman–Crippen MR) is 102 cm³/mol. The average molecular weight is 391 g/mol. The minimum absolute atomic E-state index is 0.00190. The fourth-order valence-corrected chi connectivity index (χ4v) is 4.75. The van der Waals surface area contributed by atoms with Gasteiger partial charge in [0.2, 0.25) is 10.0 Å². The monoisotopic (exact) mass is 391 g/mol.